The number of sulfone groups is 1. The van der Waals surface area contributed by atoms with Crippen molar-refractivity contribution in [1.82, 2.24) is 5.32 Å². The molecule has 0 amide bonds. The monoisotopic (exact) mass is 261 g/mol. The second-order valence-electron chi connectivity index (χ2n) is 4.34. The van der Waals surface area contributed by atoms with Crippen LogP contribution < -0.4 is 5.32 Å². The minimum Gasteiger partial charge on any atom is -0.479 e. The van der Waals surface area contributed by atoms with Gasteiger partial charge in [-0.3, -0.25) is 0 Å². The maximum atomic E-state index is 11.1. The fourth-order valence-corrected chi connectivity index (χ4v) is 3.29. The molecule has 3 atom stereocenters. The Morgan fingerprint density at radius 3 is 2.76 bits per heavy atom. The summed E-state index contributed by atoms with van der Waals surface area (Å²) in [4.78, 5) is 10.7. The van der Waals surface area contributed by atoms with Crippen molar-refractivity contribution < 1.29 is 23.1 Å². The third-order valence-electron chi connectivity index (χ3n) is 2.92. The molecule has 7 heteroatoms. The number of carboxylic acid groups (broad SMARTS) is 1. The van der Waals surface area contributed by atoms with E-state index in [1.807, 2.05) is 0 Å². The molecule has 3 unspecified atom stereocenters. The minimum atomic E-state index is -3.04. The lowest BCUT2D eigenvalue weighted by atomic mass is 10.2. The predicted octanol–water partition coefficient (Wildman–Crippen LogP) is -0.481. The summed E-state index contributed by atoms with van der Waals surface area (Å²) in [7, 11) is -3.04. The topological polar surface area (TPSA) is 92.7 Å². The third kappa shape index (κ3) is 3.27. The lowest BCUT2D eigenvalue weighted by Gasteiger charge is -2.15. The Hall–Kier alpha value is -0.920. The van der Waals surface area contributed by atoms with Crippen molar-refractivity contribution in [2.45, 2.75) is 31.1 Å². The van der Waals surface area contributed by atoms with Crippen LogP contribution in [0.4, 0.5) is 0 Å². The fourth-order valence-electron chi connectivity index (χ4n) is 2.02. The van der Waals surface area contributed by atoms with Crippen LogP contribution in [0.25, 0.3) is 0 Å². The van der Waals surface area contributed by atoms with Gasteiger partial charge in [0.1, 0.15) is 0 Å². The van der Waals surface area contributed by atoms with Crippen LogP contribution in [-0.2, 0) is 19.4 Å². The first kappa shape index (κ1) is 12.5. The molecule has 96 valence electrons. The van der Waals surface area contributed by atoms with Crippen LogP contribution in [0.1, 0.15) is 12.8 Å². The Kier molecular flexibility index (Phi) is 3.50. The van der Waals surface area contributed by atoms with E-state index in [1.54, 1.807) is 6.08 Å². The minimum absolute atomic E-state index is 0.0715. The molecule has 6 nitrogen and oxygen atoms in total. The van der Waals surface area contributed by atoms with Crippen LogP contribution in [0.3, 0.4) is 0 Å². The smallest absolute Gasteiger partial charge is 0.332 e. The van der Waals surface area contributed by atoms with Gasteiger partial charge in [0.2, 0.25) is 0 Å². The van der Waals surface area contributed by atoms with Crippen molar-refractivity contribution in [3.8, 4) is 0 Å². The van der Waals surface area contributed by atoms with E-state index in [-0.39, 0.29) is 17.9 Å². The second kappa shape index (κ2) is 4.75. The van der Waals surface area contributed by atoms with Gasteiger partial charge < -0.3 is 15.2 Å². The van der Waals surface area contributed by atoms with E-state index in [2.05, 4.69) is 5.32 Å². The Morgan fingerprint density at radius 1 is 1.47 bits per heavy atom. The molecular formula is C10H15NO5S. The van der Waals surface area contributed by atoms with Crippen molar-refractivity contribution in [1.29, 1.82) is 0 Å². The normalized spacial score (nSPS) is 35.2. The van der Waals surface area contributed by atoms with Gasteiger partial charge in [0.05, 0.1) is 11.9 Å². The SMILES string of the molecule is O=C(O)C1CCC(CNC2C=CS(=O)(=O)C2)O1. The van der Waals surface area contributed by atoms with Gasteiger partial charge in [-0.2, -0.15) is 0 Å². The lowest BCUT2D eigenvalue weighted by Crippen LogP contribution is -2.36. The summed E-state index contributed by atoms with van der Waals surface area (Å²) < 4.78 is 27.6. The summed E-state index contributed by atoms with van der Waals surface area (Å²) in [5.41, 5.74) is 0. The standard InChI is InChI=1S/C10H15NO5S/c12-10(13)9-2-1-8(16-9)5-11-7-3-4-17(14,15)6-7/h3-4,7-9,11H,1-2,5-6H2,(H,12,13). The van der Waals surface area contributed by atoms with E-state index in [1.165, 1.54) is 5.41 Å². The highest BCUT2D eigenvalue weighted by Gasteiger charge is 2.31. The first-order valence-electron chi connectivity index (χ1n) is 5.49. The average Bonchev–Trinajstić information content (AvgIpc) is 2.81. The summed E-state index contributed by atoms with van der Waals surface area (Å²) in [5.74, 6) is -0.863. The highest BCUT2D eigenvalue weighted by molar-refractivity contribution is 7.94. The van der Waals surface area contributed by atoms with E-state index >= 15 is 0 Å². The molecule has 2 rings (SSSR count). The van der Waals surface area contributed by atoms with Crippen LogP contribution in [0.5, 0.6) is 0 Å². The van der Waals surface area contributed by atoms with Gasteiger partial charge in [-0.25, -0.2) is 13.2 Å². The van der Waals surface area contributed by atoms with E-state index in [9.17, 15) is 13.2 Å². The Bertz CT molecular complexity index is 430. The molecule has 0 spiro atoms. The van der Waals surface area contributed by atoms with Crippen molar-refractivity contribution in [3.63, 3.8) is 0 Å². The fraction of sp³-hybridized carbons (Fsp3) is 0.700. The number of aliphatic carboxylic acids is 1. The van der Waals surface area contributed by atoms with Crippen molar-refractivity contribution in [2.24, 2.45) is 0 Å². The Labute approximate surface area is 99.6 Å². The van der Waals surface area contributed by atoms with Gasteiger partial charge in [-0.1, -0.05) is 6.08 Å². The van der Waals surface area contributed by atoms with E-state index in [4.69, 9.17) is 9.84 Å². The van der Waals surface area contributed by atoms with Gasteiger partial charge in [-0.05, 0) is 12.8 Å². The Morgan fingerprint density at radius 2 is 2.24 bits per heavy atom. The number of hydrogen-bond donors (Lipinski definition) is 2. The van der Waals surface area contributed by atoms with Crippen LogP contribution in [0, 0.1) is 0 Å². The second-order valence-corrected chi connectivity index (χ2v) is 6.27. The molecule has 2 N–H and O–H groups in total. The number of nitrogens with one attached hydrogen (secondary N) is 1. The molecule has 0 saturated carbocycles. The largest absolute Gasteiger partial charge is 0.479 e. The molecule has 2 aliphatic heterocycles. The van der Waals surface area contributed by atoms with Crippen molar-refractivity contribution in [3.05, 3.63) is 11.5 Å². The zero-order valence-corrected chi connectivity index (χ0v) is 10.0. The van der Waals surface area contributed by atoms with Crippen LogP contribution >= 0.6 is 0 Å². The highest BCUT2D eigenvalue weighted by atomic mass is 32.2. The van der Waals surface area contributed by atoms with Crippen molar-refractivity contribution >= 4 is 15.8 Å². The molecule has 0 radical (unpaired) electrons. The van der Waals surface area contributed by atoms with E-state index in [0.717, 1.165) is 0 Å². The summed E-state index contributed by atoms with van der Waals surface area (Å²) >= 11 is 0. The molecule has 0 aromatic heterocycles. The molecule has 2 heterocycles. The zero-order chi connectivity index (χ0) is 12.5. The molecule has 2 aliphatic rings. The maximum Gasteiger partial charge on any atom is 0.332 e. The van der Waals surface area contributed by atoms with Gasteiger partial charge >= 0.3 is 5.97 Å². The molecule has 0 aliphatic carbocycles. The number of hydrogen-bond acceptors (Lipinski definition) is 5. The summed E-state index contributed by atoms with van der Waals surface area (Å²) in [6, 6.07) is -0.188. The van der Waals surface area contributed by atoms with Crippen LogP contribution in [0.2, 0.25) is 0 Å². The van der Waals surface area contributed by atoms with Gasteiger partial charge in [-0.15, -0.1) is 0 Å². The molecule has 17 heavy (non-hydrogen) atoms. The van der Waals surface area contributed by atoms with Crippen LogP contribution in [0.15, 0.2) is 11.5 Å². The molecular weight excluding hydrogens is 246 g/mol. The number of ether oxygens (including phenoxy) is 1. The van der Waals surface area contributed by atoms with Gasteiger partial charge in [0, 0.05) is 18.0 Å². The number of carboxylic acids is 1. The zero-order valence-electron chi connectivity index (χ0n) is 9.20. The third-order valence-corrected chi connectivity index (χ3v) is 4.32. The number of carbonyl (C=O) groups is 1. The molecule has 0 bridgehead atoms. The number of rotatable bonds is 4. The molecule has 1 saturated heterocycles. The molecule has 0 aromatic carbocycles. The summed E-state index contributed by atoms with van der Waals surface area (Å²) in [6.07, 6.45) is 1.95. The van der Waals surface area contributed by atoms with E-state index in [0.29, 0.717) is 19.4 Å². The first-order valence-corrected chi connectivity index (χ1v) is 7.20. The summed E-state index contributed by atoms with van der Waals surface area (Å²) in [6.45, 7) is 0.480. The van der Waals surface area contributed by atoms with Gasteiger partial charge in [0.25, 0.3) is 0 Å². The maximum absolute atomic E-state index is 11.1. The molecule has 0 aromatic rings. The summed E-state index contributed by atoms with van der Waals surface area (Å²) in [5, 5.41) is 13.0. The molecule has 1 fully saturated rings. The van der Waals surface area contributed by atoms with Crippen LogP contribution in [-0.4, -0.2) is 50.0 Å². The van der Waals surface area contributed by atoms with Crippen molar-refractivity contribution in [2.75, 3.05) is 12.3 Å². The van der Waals surface area contributed by atoms with E-state index < -0.39 is 21.9 Å². The lowest BCUT2D eigenvalue weighted by molar-refractivity contribution is -0.149. The quantitative estimate of drug-likeness (QED) is 0.710. The van der Waals surface area contributed by atoms with Gasteiger partial charge in [0.15, 0.2) is 15.9 Å². The average molecular weight is 261 g/mol. The highest BCUT2D eigenvalue weighted by Crippen LogP contribution is 2.19. The Balaban J connectivity index is 1.74. The first-order chi connectivity index (χ1) is 7.96. The predicted molar refractivity (Wildman–Crippen MR) is 60.2 cm³/mol.